The average Bonchev–Trinajstić information content (AvgIpc) is 2.95. The number of aryl methyl sites for hydroxylation is 2. The summed E-state index contributed by atoms with van der Waals surface area (Å²) in [6.07, 6.45) is 2.50. The standard InChI is InChI=1S/C20H21N3O2/c1-14-19(15(2)25-23-14)12-17-11-16(9-10-20(17)24-3)13-21-22-18-7-5-4-6-8-18/h4-11,13,22H,12H2,1-3H3. The van der Waals surface area contributed by atoms with Gasteiger partial charge in [0.1, 0.15) is 11.5 Å². The zero-order valence-corrected chi connectivity index (χ0v) is 14.6. The maximum Gasteiger partial charge on any atom is 0.137 e. The Bertz CT molecular complexity index is 850. The molecular weight excluding hydrogens is 314 g/mol. The van der Waals surface area contributed by atoms with Crippen molar-refractivity contribution in [3.8, 4) is 5.75 Å². The fraction of sp³-hybridized carbons (Fsp3) is 0.200. The lowest BCUT2D eigenvalue weighted by Gasteiger charge is -2.09. The van der Waals surface area contributed by atoms with E-state index in [-0.39, 0.29) is 0 Å². The van der Waals surface area contributed by atoms with Gasteiger partial charge in [-0.25, -0.2) is 0 Å². The fourth-order valence-corrected chi connectivity index (χ4v) is 2.66. The molecule has 1 aromatic heterocycles. The second-order valence-electron chi connectivity index (χ2n) is 5.79. The molecule has 5 nitrogen and oxygen atoms in total. The number of aromatic nitrogens is 1. The van der Waals surface area contributed by atoms with Crippen molar-refractivity contribution in [2.45, 2.75) is 20.3 Å². The lowest BCUT2D eigenvalue weighted by atomic mass is 10.0. The number of para-hydroxylation sites is 1. The summed E-state index contributed by atoms with van der Waals surface area (Å²) in [5.74, 6) is 1.68. The largest absolute Gasteiger partial charge is 0.496 e. The molecule has 0 atom stereocenters. The molecule has 0 spiro atoms. The van der Waals surface area contributed by atoms with E-state index in [0.717, 1.165) is 39.6 Å². The van der Waals surface area contributed by atoms with Gasteiger partial charge in [-0.3, -0.25) is 5.43 Å². The molecule has 3 aromatic rings. The molecule has 128 valence electrons. The summed E-state index contributed by atoms with van der Waals surface area (Å²) in [4.78, 5) is 0. The molecule has 5 heteroatoms. The highest BCUT2D eigenvalue weighted by Crippen LogP contribution is 2.25. The van der Waals surface area contributed by atoms with Crippen LogP contribution < -0.4 is 10.2 Å². The molecule has 0 saturated carbocycles. The van der Waals surface area contributed by atoms with Crippen LogP contribution in [0.25, 0.3) is 0 Å². The quantitative estimate of drug-likeness (QED) is 0.538. The number of anilines is 1. The van der Waals surface area contributed by atoms with Gasteiger partial charge in [0.25, 0.3) is 0 Å². The number of rotatable bonds is 6. The van der Waals surface area contributed by atoms with E-state index >= 15 is 0 Å². The number of nitrogens with zero attached hydrogens (tertiary/aromatic N) is 2. The molecule has 0 amide bonds. The minimum Gasteiger partial charge on any atom is -0.496 e. The molecule has 25 heavy (non-hydrogen) atoms. The van der Waals surface area contributed by atoms with Crippen molar-refractivity contribution >= 4 is 11.9 Å². The Morgan fingerprint density at radius 2 is 1.96 bits per heavy atom. The Kier molecular flexibility index (Phi) is 5.14. The first-order chi connectivity index (χ1) is 12.2. The zero-order valence-electron chi connectivity index (χ0n) is 14.6. The molecule has 0 bridgehead atoms. The molecule has 0 unspecified atom stereocenters. The van der Waals surface area contributed by atoms with Crippen LogP contribution in [0.4, 0.5) is 5.69 Å². The number of hydrogen-bond donors (Lipinski definition) is 1. The summed E-state index contributed by atoms with van der Waals surface area (Å²) in [5, 5.41) is 8.32. The summed E-state index contributed by atoms with van der Waals surface area (Å²) in [7, 11) is 1.68. The fourth-order valence-electron chi connectivity index (χ4n) is 2.66. The molecule has 1 heterocycles. The number of ether oxygens (including phenoxy) is 1. The lowest BCUT2D eigenvalue weighted by molar-refractivity contribution is 0.392. The minimum absolute atomic E-state index is 0.706. The van der Waals surface area contributed by atoms with Crippen LogP contribution in [0.2, 0.25) is 0 Å². The molecule has 1 N–H and O–H groups in total. The highest BCUT2D eigenvalue weighted by atomic mass is 16.5. The first-order valence-corrected chi connectivity index (χ1v) is 8.10. The van der Waals surface area contributed by atoms with Gasteiger partial charge in [0.2, 0.25) is 0 Å². The Hall–Kier alpha value is -3.08. The predicted molar refractivity (Wildman–Crippen MR) is 99.4 cm³/mol. The predicted octanol–water partition coefficient (Wildman–Crippen LogP) is 4.34. The van der Waals surface area contributed by atoms with Gasteiger partial charge in [0.15, 0.2) is 0 Å². The highest BCUT2D eigenvalue weighted by Gasteiger charge is 2.13. The first-order valence-electron chi connectivity index (χ1n) is 8.10. The van der Waals surface area contributed by atoms with Gasteiger partial charge >= 0.3 is 0 Å². The van der Waals surface area contributed by atoms with Crippen molar-refractivity contribution in [2.24, 2.45) is 5.10 Å². The second-order valence-corrected chi connectivity index (χ2v) is 5.79. The topological polar surface area (TPSA) is 59.6 Å². The van der Waals surface area contributed by atoms with E-state index in [2.05, 4.69) is 21.8 Å². The second kappa shape index (κ2) is 7.66. The number of hydrogen-bond acceptors (Lipinski definition) is 5. The van der Waals surface area contributed by atoms with Crippen LogP contribution in [0, 0.1) is 13.8 Å². The first kappa shape index (κ1) is 16.8. The molecule has 0 aliphatic carbocycles. The number of nitrogens with one attached hydrogen (secondary N) is 1. The summed E-state index contributed by atoms with van der Waals surface area (Å²) in [6, 6.07) is 15.8. The number of hydrazone groups is 1. The van der Waals surface area contributed by atoms with Crippen molar-refractivity contribution in [1.29, 1.82) is 0 Å². The molecule has 3 rings (SSSR count). The van der Waals surface area contributed by atoms with Gasteiger partial charge in [-0.05, 0) is 55.3 Å². The van der Waals surface area contributed by atoms with E-state index in [1.54, 1.807) is 13.3 Å². The van der Waals surface area contributed by atoms with Gasteiger partial charge < -0.3 is 9.26 Å². The molecule has 0 saturated heterocycles. The Morgan fingerprint density at radius 1 is 1.16 bits per heavy atom. The van der Waals surface area contributed by atoms with E-state index in [1.165, 1.54) is 0 Å². The highest BCUT2D eigenvalue weighted by molar-refractivity contribution is 5.81. The normalized spacial score (nSPS) is 11.0. The Labute approximate surface area is 147 Å². The van der Waals surface area contributed by atoms with Crippen molar-refractivity contribution in [2.75, 3.05) is 12.5 Å². The van der Waals surface area contributed by atoms with Crippen LogP contribution >= 0.6 is 0 Å². The number of methoxy groups -OCH3 is 1. The summed E-state index contributed by atoms with van der Waals surface area (Å²) in [6.45, 7) is 3.88. The monoisotopic (exact) mass is 335 g/mol. The summed E-state index contributed by atoms with van der Waals surface area (Å²) >= 11 is 0. The average molecular weight is 335 g/mol. The molecule has 0 fully saturated rings. The van der Waals surface area contributed by atoms with Crippen molar-refractivity contribution in [1.82, 2.24) is 5.16 Å². The van der Waals surface area contributed by atoms with Crippen LogP contribution in [-0.4, -0.2) is 18.5 Å². The maximum absolute atomic E-state index is 5.49. The van der Waals surface area contributed by atoms with Gasteiger partial charge in [0.05, 0.1) is 24.7 Å². The van der Waals surface area contributed by atoms with Gasteiger partial charge in [-0.1, -0.05) is 23.4 Å². The van der Waals surface area contributed by atoms with E-state index in [4.69, 9.17) is 9.26 Å². The third-order valence-electron chi connectivity index (χ3n) is 4.03. The third kappa shape index (κ3) is 4.07. The van der Waals surface area contributed by atoms with Crippen molar-refractivity contribution < 1.29 is 9.26 Å². The van der Waals surface area contributed by atoms with E-state index in [0.29, 0.717) is 6.42 Å². The smallest absolute Gasteiger partial charge is 0.137 e. The zero-order chi connectivity index (χ0) is 17.6. The van der Waals surface area contributed by atoms with E-state index < -0.39 is 0 Å². The molecule has 0 radical (unpaired) electrons. The van der Waals surface area contributed by atoms with Crippen LogP contribution in [0.5, 0.6) is 5.75 Å². The molecule has 0 aliphatic heterocycles. The van der Waals surface area contributed by atoms with Crippen LogP contribution in [0.3, 0.4) is 0 Å². The van der Waals surface area contributed by atoms with Crippen LogP contribution in [0.1, 0.15) is 28.1 Å². The van der Waals surface area contributed by atoms with Gasteiger partial charge in [-0.2, -0.15) is 5.10 Å². The van der Waals surface area contributed by atoms with E-state index in [9.17, 15) is 0 Å². The van der Waals surface area contributed by atoms with Gasteiger partial charge in [-0.15, -0.1) is 0 Å². The third-order valence-corrected chi connectivity index (χ3v) is 4.03. The summed E-state index contributed by atoms with van der Waals surface area (Å²) in [5.41, 5.74) is 8.03. The van der Waals surface area contributed by atoms with Crippen molar-refractivity contribution in [3.63, 3.8) is 0 Å². The molecular formula is C20H21N3O2. The lowest BCUT2D eigenvalue weighted by Crippen LogP contribution is -1.98. The van der Waals surface area contributed by atoms with E-state index in [1.807, 2.05) is 56.3 Å². The number of benzene rings is 2. The molecule has 2 aromatic carbocycles. The van der Waals surface area contributed by atoms with Crippen LogP contribution in [0.15, 0.2) is 58.2 Å². The Balaban J connectivity index is 1.80. The minimum atomic E-state index is 0.706. The summed E-state index contributed by atoms with van der Waals surface area (Å²) < 4.78 is 10.7. The van der Waals surface area contributed by atoms with Crippen LogP contribution in [-0.2, 0) is 6.42 Å². The molecule has 0 aliphatic rings. The maximum atomic E-state index is 5.49. The Morgan fingerprint density at radius 3 is 2.64 bits per heavy atom. The van der Waals surface area contributed by atoms with Gasteiger partial charge in [0, 0.05) is 12.0 Å². The van der Waals surface area contributed by atoms with Crippen molar-refractivity contribution in [3.05, 3.63) is 76.7 Å². The SMILES string of the molecule is COc1ccc(C=NNc2ccccc2)cc1Cc1c(C)noc1C.